The van der Waals surface area contributed by atoms with Crippen LogP contribution >= 0.6 is 0 Å². The molecule has 0 spiro atoms. The second-order valence-corrected chi connectivity index (χ2v) is 13.0. The molecule has 0 N–H and O–H groups in total. The summed E-state index contributed by atoms with van der Waals surface area (Å²) in [5.74, 6) is 0. The highest BCUT2D eigenvalue weighted by Gasteiger charge is 2.20. The van der Waals surface area contributed by atoms with Crippen molar-refractivity contribution < 1.29 is 0 Å². The van der Waals surface area contributed by atoms with Gasteiger partial charge in [0.1, 0.15) is 0 Å². The van der Waals surface area contributed by atoms with E-state index in [0.29, 0.717) is 0 Å². The van der Waals surface area contributed by atoms with Crippen molar-refractivity contribution in [3.8, 4) is 55.9 Å². The van der Waals surface area contributed by atoms with Crippen LogP contribution in [0, 0.1) is 0 Å². The van der Waals surface area contributed by atoms with Gasteiger partial charge in [0.25, 0.3) is 0 Å². The predicted octanol–water partition coefficient (Wildman–Crippen LogP) is 13.4. The second kappa shape index (κ2) is 14.3. The molecule has 3 heteroatoms. The van der Waals surface area contributed by atoms with Gasteiger partial charge in [-0.25, -0.2) is 9.97 Å². The minimum Gasteiger partial charge on any atom is -0.311 e. The molecule has 0 bridgehead atoms. The summed E-state index contributed by atoms with van der Waals surface area (Å²) in [6.45, 7) is 0. The molecule has 0 radical (unpaired) electrons. The Labute approximate surface area is 310 Å². The van der Waals surface area contributed by atoms with Crippen LogP contribution in [-0.2, 0) is 0 Å². The highest BCUT2D eigenvalue weighted by atomic mass is 15.1. The molecule has 1 aromatic heterocycles. The SMILES string of the molecule is c1ccc(-c2ccc(-c3ccc(-c4ccccc4)c4nc(-c5ccc(N(c6ccccc6)c6ccccc6)cc5)c(-c5ccccc5)nc34)cc2)cc1. The average molecular weight is 678 g/mol. The third-order valence-electron chi connectivity index (χ3n) is 9.69. The van der Waals surface area contributed by atoms with Crippen LogP contribution in [0.4, 0.5) is 17.1 Å². The maximum atomic E-state index is 5.56. The zero-order valence-corrected chi connectivity index (χ0v) is 29.0. The summed E-state index contributed by atoms with van der Waals surface area (Å²) >= 11 is 0. The van der Waals surface area contributed by atoms with Crippen LogP contribution in [0.3, 0.4) is 0 Å². The molecule has 0 atom stereocenters. The summed E-state index contributed by atoms with van der Waals surface area (Å²) in [4.78, 5) is 13.4. The van der Waals surface area contributed by atoms with Gasteiger partial charge in [0, 0.05) is 39.3 Å². The molecular formula is C50H35N3. The first-order valence-corrected chi connectivity index (χ1v) is 17.9. The molecule has 3 nitrogen and oxygen atoms in total. The Morgan fingerprint density at radius 2 is 0.547 bits per heavy atom. The zero-order valence-electron chi connectivity index (χ0n) is 29.0. The summed E-state index contributed by atoms with van der Waals surface area (Å²) in [6.07, 6.45) is 0. The van der Waals surface area contributed by atoms with Crippen LogP contribution in [0.2, 0.25) is 0 Å². The van der Waals surface area contributed by atoms with Crippen LogP contribution in [-0.4, -0.2) is 9.97 Å². The van der Waals surface area contributed by atoms with E-state index in [4.69, 9.17) is 9.97 Å². The summed E-state index contributed by atoms with van der Waals surface area (Å²) in [5, 5.41) is 0. The molecule has 0 amide bonds. The van der Waals surface area contributed by atoms with Gasteiger partial charge in [0.2, 0.25) is 0 Å². The Bertz CT molecular complexity index is 2570. The molecule has 0 saturated carbocycles. The Balaban J connectivity index is 1.23. The number of nitrogens with zero attached hydrogens (tertiary/aromatic N) is 3. The van der Waals surface area contributed by atoms with Gasteiger partial charge in [-0.1, -0.05) is 176 Å². The van der Waals surface area contributed by atoms with Crippen molar-refractivity contribution in [1.29, 1.82) is 0 Å². The maximum absolute atomic E-state index is 5.56. The lowest BCUT2D eigenvalue weighted by Gasteiger charge is -2.25. The summed E-state index contributed by atoms with van der Waals surface area (Å²) in [6, 6.07) is 74.2. The van der Waals surface area contributed by atoms with Gasteiger partial charge < -0.3 is 4.90 Å². The molecule has 0 aliphatic rings. The fourth-order valence-electron chi connectivity index (χ4n) is 7.06. The normalized spacial score (nSPS) is 11.0. The van der Waals surface area contributed by atoms with Gasteiger partial charge in [0.15, 0.2) is 0 Å². The smallest absolute Gasteiger partial charge is 0.0979 e. The largest absolute Gasteiger partial charge is 0.311 e. The lowest BCUT2D eigenvalue weighted by atomic mass is 9.95. The van der Waals surface area contributed by atoms with Crippen molar-refractivity contribution in [3.05, 3.63) is 212 Å². The number of aromatic nitrogens is 2. The number of hydrogen-bond donors (Lipinski definition) is 0. The topological polar surface area (TPSA) is 29.0 Å². The molecule has 0 fully saturated rings. The van der Waals surface area contributed by atoms with Gasteiger partial charge in [0.05, 0.1) is 22.4 Å². The molecule has 0 aliphatic heterocycles. The molecule has 0 saturated heterocycles. The van der Waals surface area contributed by atoms with Gasteiger partial charge >= 0.3 is 0 Å². The van der Waals surface area contributed by atoms with E-state index in [1.807, 2.05) is 24.3 Å². The van der Waals surface area contributed by atoms with Crippen LogP contribution < -0.4 is 4.90 Å². The van der Waals surface area contributed by atoms with E-state index in [1.54, 1.807) is 0 Å². The maximum Gasteiger partial charge on any atom is 0.0979 e. The lowest BCUT2D eigenvalue weighted by molar-refractivity contribution is 1.27. The minimum atomic E-state index is 0.843. The third kappa shape index (κ3) is 6.37. The summed E-state index contributed by atoms with van der Waals surface area (Å²) < 4.78 is 0. The number of anilines is 3. The summed E-state index contributed by atoms with van der Waals surface area (Å²) in [5.41, 5.74) is 15.4. The van der Waals surface area contributed by atoms with Crippen molar-refractivity contribution >= 4 is 28.1 Å². The fourth-order valence-corrected chi connectivity index (χ4v) is 7.06. The molecule has 1 heterocycles. The lowest BCUT2D eigenvalue weighted by Crippen LogP contribution is -2.09. The second-order valence-electron chi connectivity index (χ2n) is 13.0. The molecular weight excluding hydrogens is 643 g/mol. The zero-order chi connectivity index (χ0) is 35.4. The molecule has 53 heavy (non-hydrogen) atoms. The van der Waals surface area contributed by atoms with E-state index in [0.717, 1.165) is 72.9 Å². The standard InChI is InChI=1S/C50H35N3/c1-6-16-36(17-7-1)37-26-28-39(29-27-37)46-35-34-45(38-18-8-2-9-19-38)49-50(46)51-47(40-20-10-3-11-21-40)48(52-49)41-30-32-44(33-31-41)53(42-22-12-4-13-23-42)43-24-14-5-15-25-43/h1-35H. The van der Waals surface area contributed by atoms with Gasteiger partial charge in [-0.15, -0.1) is 0 Å². The first-order chi connectivity index (χ1) is 26.3. The number of rotatable bonds is 8. The molecule has 8 aromatic carbocycles. The predicted molar refractivity (Wildman–Crippen MR) is 221 cm³/mol. The van der Waals surface area contributed by atoms with Gasteiger partial charge in [-0.2, -0.15) is 0 Å². The van der Waals surface area contributed by atoms with Crippen molar-refractivity contribution in [2.75, 3.05) is 4.90 Å². The van der Waals surface area contributed by atoms with Crippen molar-refractivity contribution in [1.82, 2.24) is 9.97 Å². The first-order valence-electron chi connectivity index (χ1n) is 17.9. The monoisotopic (exact) mass is 677 g/mol. The molecule has 9 aromatic rings. The first kappa shape index (κ1) is 31.9. The van der Waals surface area contributed by atoms with E-state index in [9.17, 15) is 0 Å². The van der Waals surface area contributed by atoms with Crippen LogP contribution in [0.15, 0.2) is 212 Å². The molecule has 0 aliphatic carbocycles. The number of hydrogen-bond acceptors (Lipinski definition) is 3. The van der Waals surface area contributed by atoms with Crippen molar-refractivity contribution in [3.63, 3.8) is 0 Å². The average Bonchev–Trinajstić information content (AvgIpc) is 3.25. The molecule has 0 unspecified atom stereocenters. The molecule has 9 rings (SSSR count). The van der Waals surface area contributed by atoms with Crippen LogP contribution in [0.1, 0.15) is 0 Å². The van der Waals surface area contributed by atoms with E-state index in [1.165, 1.54) is 11.1 Å². The fraction of sp³-hybridized carbons (Fsp3) is 0. The van der Waals surface area contributed by atoms with Crippen LogP contribution in [0.25, 0.3) is 66.9 Å². The van der Waals surface area contributed by atoms with E-state index in [-0.39, 0.29) is 0 Å². The quantitative estimate of drug-likeness (QED) is 0.160. The Kier molecular flexibility index (Phi) is 8.57. The van der Waals surface area contributed by atoms with Gasteiger partial charge in [-0.3, -0.25) is 0 Å². The van der Waals surface area contributed by atoms with E-state index < -0.39 is 0 Å². The number of benzene rings is 8. The highest BCUT2D eigenvalue weighted by molar-refractivity contribution is 6.03. The van der Waals surface area contributed by atoms with E-state index in [2.05, 4.69) is 193 Å². The third-order valence-corrected chi connectivity index (χ3v) is 9.69. The van der Waals surface area contributed by atoms with Crippen molar-refractivity contribution in [2.24, 2.45) is 0 Å². The Hall–Kier alpha value is -7.10. The number of fused-ring (bicyclic) bond motifs is 1. The Morgan fingerprint density at radius 3 is 1.02 bits per heavy atom. The number of para-hydroxylation sites is 2. The highest BCUT2D eigenvalue weighted by Crippen LogP contribution is 2.40. The van der Waals surface area contributed by atoms with Crippen LogP contribution in [0.5, 0.6) is 0 Å². The van der Waals surface area contributed by atoms with Crippen molar-refractivity contribution in [2.45, 2.75) is 0 Å². The van der Waals surface area contributed by atoms with E-state index >= 15 is 0 Å². The Morgan fingerprint density at radius 1 is 0.245 bits per heavy atom. The molecule has 250 valence electrons. The van der Waals surface area contributed by atoms with Gasteiger partial charge in [-0.05, 0) is 58.7 Å². The summed E-state index contributed by atoms with van der Waals surface area (Å²) in [7, 11) is 0. The minimum absolute atomic E-state index is 0.843.